The van der Waals surface area contributed by atoms with E-state index in [-0.39, 0.29) is 18.3 Å². The largest absolute Gasteiger partial charge is 0.462 e. The second-order valence-electron chi connectivity index (χ2n) is 2.47. The third-order valence-corrected chi connectivity index (χ3v) is 1.13. The monoisotopic (exact) mass is 157 g/mol. The van der Waals surface area contributed by atoms with Gasteiger partial charge < -0.3 is 4.74 Å². The first kappa shape index (κ1) is 10.1. The van der Waals surface area contributed by atoms with E-state index in [0.717, 1.165) is 0 Å². The van der Waals surface area contributed by atoms with Gasteiger partial charge >= 0.3 is 5.97 Å². The number of Topliss-reactive ketones (excluding diaryl/α,β-unsaturated/α-hetero) is 1. The molecule has 0 amide bonds. The van der Waals surface area contributed by atoms with E-state index < -0.39 is 5.97 Å². The second-order valence-corrected chi connectivity index (χ2v) is 2.47. The van der Waals surface area contributed by atoms with Crippen LogP contribution in [0.2, 0.25) is 0 Å². The lowest BCUT2D eigenvalue weighted by Gasteiger charge is -2.08. The quantitative estimate of drug-likeness (QED) is 0.453. The Kier molecular flexibility index (Phi) is 4.50. The molecule has 0 spiro atoms. The summed E-state index contributed by atoms with van der Waals surface area (Å²) in [4.78, 5) is 21.2. The summed E-state index contributed by atoms with van der Waals surface area (Å²) in [7, 11) is 0. The molecule has 0 aliphatic carbocycles. The van der Waals surface area contributed by atoms with Crippen molar-refractivity contribution in [1.82, 2.24) is 0 Å². The molecule has 0 aromatic carbocycles. The molecule has 1 radical (unpaired) electrons. The number of rotatable bonds is 4. The van der Waals surface area contributed by atoms with Crippen LogP contribution in [-0.2, 0) is 14.3 Å². The summed E-state index contributed by atoms with van der Waals surface area (Å²) in [5, 5.41) is 0. The average Bonchev–Trinajstić information content (AvgIpc) is 1.85. The number of carbonyl (C=O) groups is 2. The third kappa shape index (κ3) is 5.58. The van der Waals surface area contributed by atoms with Crippen molar-refractivity contribution in [3.63, 3.8) is 0 Å². The van der Waals surface area contributed by atoms with E-state index in [1.54, 1.807) is 6.92 Å². The van der Waals surface area contributed by atoms with Crippen LogP contribution in [0.3, 0.4) is 0 Å². The van der Waals surface area contributed by atoms with Crippen LogP contribution in [0.15, 0.2) is 0 Å². The van der Waals surface area contributed by atoms with Crippen LogP contribution in [0.4, 0.5) is 0 Å². The van der Waals surface area contributed by atoms with E-state index in [4.69, 9.17) is 4.74 Å². The van der Waals surface area contributed by atoms with Crippen molar-refractivity contribution in [1.29, 1.82) is 0 Å². The van der Waals surface area contributed by atoms with Gasteiger partial charge in [-0.05, 0) is 27.2 Å². The minimum atomic E-state index is -0.464. The molecule has 11 heavy (non-hydrogen) atoms. The Morgan fingerprint density at radius 3 is 2.45 bits per heavy atom. The molecule has 0 aromatic heterocycles. The molecule has 3 nitrogen and oxygen atoms in total. The summed E-state index contributed by atoms with van der Waals surface area (Å²) in [6.45, 7) is 6.65. The first-order chi connectivity index (χ1) is 5.06. The van der Waals surface area contributed by atoms with Gasteiger partial charge in [0.05, 0.1) is 6.10 Å². The van der Waals surface area contributed by atoms with E-state index in [9.17, 15) is 9.59 Å². The van der Waals surface area contributed by atoms with Gasteiger partial charge in [0.15, 0.2) is 0 Å². The Morgan fingerprint density at radius 2 is 2.09 bits per heavy atom. The highest BCUT2D eigenvalue weighted by molar-refractivity contribution is 5.94. The fourth-order valence-electron chi connectivity index (χ4n) is 0.528. The molecule has 63 valence electrons. The van der Waals surface area contributed by atoms with Crippen molar-refractivity contribution >= 4 is 11.8 Å². The maximum absolute atomic E-state index is 10.8. The standard InChI is InChI=1S/C8H13O3/c1-4-7(3)11-8(10)5-6(2)9/h7H,1,4-5H2,2-3H3. The molecule has 0 bridgehead atoms. The van der Waals surface area contributed by atoms with Gasteiger partial charge in [-0.2, -0.15) is 0 Å². The molecule has 0 N–H and O–H groups in total. The van der Waals surface area contributed by atoms with E-state index in [1.807, 2.05) is 0 Å². The second kappa shape index (κ2) is 4.88. The molecular weight excluding hydrogens is 144 g/mol. The highest BCUT2D eigenvalue weighted by Crippen LogP contribution is 1.98. The first-order valence-electron chi connectivity index (χ1n) is 3.54. The van der Waals surface area contributed by atoms with Crippen molar-refractivity contribution in [3.05, 3.63) is 6.92 Å². The molecule has 3 heteroatoms. The highest BCUT2D eigenvalue weighted by Gasteiger charge is 2.09. The molecule has 0 aliphatic rings. The Labute approximate surface area is 66.7 Å². The number of ether oxygens (including phenoxy) is 1. The number of carbonyl (C=O) groups excluding carboxylic acids is 2. The zero-order chi connectivity index (χ0) is 8.85. The zero-order valence-electron chi connectivity index (χ0n) is 6.92. The van der Waals surface area contributed by atoms with Gasteiger partial charge in [0.1, 0.15) is 12.2 Å². The van der Waals surface area contributed by atoms with Gasteiger partial charge in [0.2, 0.25) is 0 Å². The third-order valence-electron chi connectivity index (χ3n) is 1.13. The molecule has 0 fully saturated rings. The summed E-state index contributed by atoms with van der Waals surface area (Å²) in [5.41, 5.74) is 0. The van der Waals surface area contributed by atoms with Crippen LogP contribution < -0.4 is 0 Å². The first-order valence-corrected chi connectivity index (χ1v) is 3.54. The Morgan fingerprint density at radius 1 is 1.55 bits per heavy atom. The van der Waals surface area contributed by atoms with Crippen LogP contribution in [-0.4, -0.2) is 17.9 Å². The number of hydrogen-bond acceptors (Lipinski definition) is 3. The van der Waals surface area contributed by atoms with Gasteiger partial charge in [0.25, 0.3) is 0 Å². The van der Waals surface area contributed by atoms with Crippen molar-refractivity contribution in [2.75, 3.05) is 0 Å². The number of hydrogen-bond donors (Lipinski definition) is 0. The lowest BCUT2D eigenvalue weighted by atomic mass is 10.3. The van der Waals surface area contributed by atoms with Gasteiger partial charge in [-0.3, -0.25) is 9.59 Å². The fraction of sp³-hybridized carbons (Fsp3) is 0.625. The molecule has 0 rings (SSSR count). The normalized spacial score (nSPS) is 12.3. The zero-order valence-corrected chi connectivity index (χ0v) is 6.92. The molecule has 1 atom stereocenters. The van der Waals surface area contributed by atoms with E-state index in [2.05, 4.69) is 6.92 Å². The van der Waals surface area contributed by atoms with Crippen LogP contribution in [0.1, 0.15) is 26.7 Å². The minimum Gasteiger partial charge on any atom is -0.462 e. The summed E-state index contributed by atoms with van der Waals surface area (Å²) in [6.07, 6.45) is 0.204. The lowest BCUT2D eigenvalue weighted by Crippen LogP contribution is -2.15. The summed E-state index contributed by atoms with van der Waals surface area (Å²) < 4.78 is 4.79. The van der Waals surface area contributed by atoms with Crippen molar-refractivity contribution in [2.24, 2.45) is 0 Å². The van der Waals surface area contributed by atoms with Crippen LogP contribution in [0.25, 0.3) is 0 Å². The molecular formula is C8H13O3. The molecule has 0 aliphatic heterocycles. The lowest BCUT2D eigenvalue weighted by molar-refractivity contribution is -0.149. The van der Waals surface area contributed by atoms with Crippen LogP contribution in [0, 0.1) is 6.92 Å². The fourth-order valence-corrected chi connectivity index (χ4v) is 0.528. The van der Waals surface area contributed by atoms with Crippen molar-refractivity contribution in [2.45, 2.75) is 32.8 Å². The van der Waals surface area contributed by atoms with E-state index in [0.29, 0.717) is 6.42 Å². The van der Waals surface area contributed by atoms with Crippen LogP contribution in [0.5, 0.6) is 0 Å². The maximum Gasteiger partial charge on any atom is 0.313 e. The summed E-state index contributed by atoms with van der Waals surface area (Å²) in [5.74, 6) is -0.639. The van der Waals surface area contributed by atoms with Gasteiger partial charge in [-0.1, -0.05) is 0 Å². The van der Waals surface area contributed by atoms with Crippen molar-refractivity contribution in [3.8, 4) is 0 Å². The molecule has 0 heterocycles. The molecule has 1 unspecified atom stereocenters. The maximum atomic E-state index is 10.8. The Bertz CT molecular complexity index is 151. The summed E-state index contributed by atoms with van der Waals surface area (Å²) in [6, 6.07) is 0. The summed E-state index contributed by atoms with van der Waals surface area (Å²) >= 11 is 0. The Hall–Kier alpha value is -0.860. The number of esters is 1. The highest BCUT2D eigenvalue weighted by atomic mass is 16.5. The molecule has 0 aromatic rings. The number of ketones is 1. The van der Waals surface area contributed by atoms with Gasteiger partial charge in [0, 0.05) is 0 Å². The topological polar surface area (TPSA) is 43.4 Å². The predicted molar refractivity (Wildman–Crippen MR) is 40.8 cm³/mol. The Balaban J connectivity index is 3.60. The van der Waals surface area contributed by atoms with E-state index >= 15 is 0 Å². The average molecular weight is 157 g/mol. The SMILES string of the molecule is [CH2]CC(C)OC(=O)CC(C)=O. The van der Waals surface area contributed by atoms with Gasteiger partial charge in [-0.25, -0.2) is 0 Å². The molecule has 0 saturated carbocycles. The molecule has 0 saturated heterocycles. The van der Waals surface area contributed by atoms with E-state index in [1.165, 1.54) is 6.92 Å². The minimum absolute atomic E-state index is 0.135. The smallest absolute Gasteiger partial charge is 0.313 e. The predicted octanol–water partition coefficient (Wildman–Crippen LogP) is 1.12. The van der Waals surface area contributed by atoms with Crippen molar-refractivity contribution < 1.29 is 14.3 Å². The van der Waals surface area contributed by atoms with Gasteiger partial charge in [-0.15, -0.1) is 0 Å². The van der Waals surface area contributed by atoms with Crippen LogP contribution >= 0.6 is 0 Å².